The topological polar surface area (TPSA) is 37.8 Å². The Morgan fingerprint density at radius 3 is 2.88 bits per heavy atom. The summed E-state index contributed by atoms with van der Waals surface area (Å²) in [4.78, 5) is 10.2. The van der Waals surface area contributed by atoms with Crippen LogP contribution in [-0.4, -0.2) is 16.5 Å². The minimum atomic E-state index is 0.953. The van der Waals surface area contributed by atoms with E-state index in [1.807, 2.05) is 0 Å². The van der Waals surface area contributed by atoms with Crippen LogP contribution >= 0.6 is 11.3 Å². The van der Waals surface area contributed by atoms with E-state index in [1.54, 1.807) is 11.3 Å². The smallest absolute Gasteiger partial charge is 0.138 e. The second-order valence-electron chi connectivity index (χ2n) is 3.80. The summed E-state index contributed by atoms with van der Waals surface area (Å²) in [5, 5.41) is 6.60. The number of hydrogen-bond acceptors (Lipinski definition) is 4. The first-order valence-corrected chi connectivity index (χ1v) is 6.71. The molecule has 1 N–H and O–H groups in total. The SMILES string of the molecule is CCCNc1nc(CCC)nc2sccc12. The zero-order valence-electron chi connectivity index (χ0n) is 9.79. The Kier molecular flexibility index (Phi) is 3.72. The highest BCUT2D eigenvalue weighted by molar-refractivity contribution is 7.16. The first-order chi connectivity index (χ1) is 7.85. The van der Waals surface area contributed by atoms with Crippen LogP contribution in [0.1, 0.15) is 32.5 Å². The molecule has 0 aliphatic heterocycles. The predicted octanol–water partition coefficient (Wildman–Crippen LogP) is 3.47. The van der Waals surface area contributed by atoms with Crippen molar-refractivity contribution in [1.29, 1.82) is 0 Å². The normalized spacial score (nSPS) is 10.9. The van der Waals surface area contributed by atoms with Crippen molar-refractivity contribution in [2.45, 2.75) is 33.1 Å². The van der Waals surface area contributed by atoms with Crippen LogP contribution in [0.2, 0.25) is 0 Å². The van der Waals surface area contributed by atoms with Gasteiger partial charge in [-0.3, -0.25) is 0 Å². The van der Waals surface area contributed by atoms with E-state index in [4.69, 9.17) is 0 Å². The molecule has 0 saturated heterocycles. The summed E-state index contributed by atoms with van der Waals surface area (Å²) in [6, 6.07) is 2.09. The Labute approximate surface area is 99.9 Å². The first-order valence-electron chi connectivity index (χ1n) is 5.83. The number of anilines is 1. The van der Waals surface area contributed by atoms with Crippen molar-refractivity contribution in [3.05, 3.63) is 17.3 Å². The predicted molar refractivity (Wildman–Crippen MR) is 70.2 cm³/mol. The number of rotatable bonds is 5. The number of fused-ring (bicyclic) bond motifs is 1. The molecule has 16 heavy (non-hydrogen) atoms. The fourth-order valence-corrected chi connectivity index (χ4v) is 2.40. The lowest BCUT2D eigenvalue weighted by atomic mass is 10.3. The van der Waals surface area contributed by atoms with Gasteiger partial charge in [-0.1, -0.05) is 13.8 Å². The summed E-state index contributed by atoms with van der Waals surface area (Å²) in [7, 11) is 0. The molecule has 0 radical (unpaired) electrons. The molecule has 0 aliphatic rings. The highest BCUT2D eigenvalue weighted by Gasteiger charge is 2.07. The lowest BCUT2D eigenvalue weighted by molar-refractivity contribution is 0.843. The van der Waals surface area contributed by atoms with Crippen LogP contribution in [0.3, 0.4) is 0 Å². The fourth-order valence-electron chi connectivity index (χ4n) is 1.61. The summed E-state index contributed by atoms with van der Waals surface area (Å²) in [5.74, 6) is 1.95. The minimum absolute atomic E-state index is 0.953. The van der Waals surface area contributed by atoms with Gasteiger partial charge < -0.3 is 5.32 Å². The Bertz CT molecular complexity index is 464. The molecule has 0 unspecified atom stereocenters. The molecule has 0 aliphatic carbocycles. The molecule has 0 aromatic carbocycles. The van der Waals surface area contributed by atoms with Gasteiger partial charge in [0.15, 0.2) is 0 Å². The molecule has 4 heteroatoms. The summed E-state index contributed by atoms with van der Waals surface area (Å²) in [6.45, 7) is 5.28. The molecule has 0 saturated carbocycles. The third-order valence-corrected chi connectivity index (χ3v) is 3.19. The largest absolute Gasteiger partial charge is 0.369 e. The summed E-state index contributed by atoms with van der Waals surface area (Å²) >= 11 is 1.68. The number of hydrogen-bond donors (Lipinski definition) is 1. The summed E-state index contributed by atoms with van der Waals surface area (Å²) in [6.07, 6.45) is 3.15. The van der Waals surface area contributed by atoms with E-state index < -0.39 is 0 Å². The van der Waals surface area contributed by atoms with Crippen LogP contribution in [0, 0.1) is 0 Å². The number of thiophene rings is 1. The number of aryl methyl sites for hydroxylation is 1. The van der Waals surface area contributed by atoms with Gasteiger partial charge in [0, 0.05) is 13.0 Å². The van der Waals surface area contributed by atoms with Crippen molar-refractivity contribution >= 4 is 27.4 Å². The third-order valence-electron chi connectivity index (χ3n) is 2.39. The molecule has 3 nitrogen and oxygen atoms in total. The van der Waals surface area contributed by atoms with Crippen molar-refractivity contribution in [3.8, 4) is 0 Å². The van der Waals surface area contributed by atoms with Gasteiger partial charge in [0.2, 0.25) is 0 Å². The van der Waals surface area contributed by atoms with Gasteiger partial charge in [0.25, 0.3) is 0 Å². The molecule has 2 aromatic heterocycles. The lowest BCUT2D eigenvalue weighted by Gasteiger charge is -2.07. The Hall–Kier alpha value is -1.16. The fraction of sp³-hybridized carbons (Fsp3) is 0.500. The van der Waals surface area contributed by atoms with E-state index in [2.05, 4.69) is 40.6 Å². The van der Waals surface area contributed by atoms with Gasteiger partial charge in [-0.15, -0.1) is 11.3 Å². The van der Waals surface area contributed by atoms with Crippen molar-refractivity contribution in [2.24, 2.45) is 0 Å². The lowest BCUT2D eigenvalue weighted by Crippen LogP contribution is -2.05. The molecule has 2 heterocycles. The zero-order valence-corrected chi connectivity index (χ0v) is 10.6. The van der Waals surface area contributed by atoms with Gasteiger partial charge in [-0.05, 0) is 24.3 Å². The maximum absolute atomic E-state index is 4.58. The van der Waals surface area contributed by atoms with Gasteiger partial charge >= 0.3 is 0 Å². The van der Waals surface area contributed by atoms with Crippen LogP contribution in [0.15, 0.2) is 11.4 Å². The average Bonchev–Trinajstić information content (AvgIpc) is 2.74. The summed E-state index contributed by atoms with van der Waals surface area (Å²) in [5.41, 5.74) is 0. The molecule has 0 fully saturated rings. The van der Waals surface area contributed by atoms with Crippen molar-refractivity contribution in [3.63, 3.8) is 0 Å². The van der Waals surface area contributed by atoms with Gasteiger partial charge in [0.1, 0.15) is 16.5 Å². The molecular weight excluding hydrogens is 218 g/mol. The number of nitrogens with one attached hydrogen (secondary N) is 1. The zero-order chi connectivity index (χ0) is 11.4. The minimum Gasteiger partial charge on any atom is -0.369 e. The molecule has 0 amide bonds. The number of aromatic nitrogens is 2. The van der Waals surface area contributed by atoms with E-state index in [-0.39, 0.29) is 0 Å². The van der Waals surface area contributed by atoms with Crippen LogP contribution < -0.4 is 5.32 Å². The van der Waals surface area contributed by atoms with Crippen molar-refractivity contribution in [1.82, 2.24) is 9.97 Å². The van der Waals surface area contributed by atoms with E-state index >= 15 is 0 Å². The Morgan fingerprint density at radius 1 is 1.25 bits per heavy atom. The van der Waals surface area contributed by atoms with Gasteiger partial charge in [0.05, 0.1) is 5.39 Å². The third kappa shape index (κ3) is 2.32. The first kappa shape index (κ1) is 11.3. The second kappa shape index (κ2) is 5.25. The molecule has 2 rings (SSSR count). The highest BCUT2D eigenvalue weighted by Crippen LogP contribution is 2.25. The van der Waals surface area contributed by atoms with E-state index in [0.717, 1.165) is 47.7 Å². The van der Waals surface area contributed by atoms with Crippen LogP contribution in [0.5, 0.6) is 0 Å². The second-order valence-corrected chi connectivity index (χ2v) is 4.70. The molecule has 0 spiro atoms. The molecule has 2 aromatic rings. The Morgan fingerprint density at radius 2 is 2.12 bits per heavy atom. The van der Waals surface area contributed by atoms with Crippen molar-refractivity contribution < 1.29 is 0 Å². The summed E-state index contributed by atoms with van der Waals surface area (Å²) < 4.78 is 0. The molecule has 86 valence electrons. The van der Waals surface area contributed by atoms with E-state index in [1.165, 1.54) is 0 Å². The number of nitrogens with zero attached hydrogens (tertiary/aromatic N) is 2. The molecule has 0 atom stereocenters. The highest BCUT2D eigenvalue weighted by atomic mass is 32.1. The van der Waals surface area contributed by atoms with Crippen LogP contribution in [0.25, 0.3) is 10.2 Å². The van der Waals surface area contributed by atoms with Crippen LogP contribution in [0.4, 0.5) is 5.82 Å². The molecular formula is C12H17N3S. The van der Waals surface area contributed by atoms with E-state index in [9.17, 15) is 0 Å². The van der Waals surface area contributed by atoms with Crippen LogP contribution in [-0.2, 0) is 6.42 Å². The molecule has 0 bridgehead atoms. The van der Waals surface area contributed by atoms with Crippen molar-refractivity contribution in [2.75, 3.05) is 11.9 Å². The van der Waals surface area contributed by atoms with Gasteiger partial charge in [-0.25, -0.2) is 9.97 Å². The van der Waals surface area contributed by atoms with Gasteiger partial charge in [-0.2, -0.15) is 0 Å². The monoisotopic (exact) mass is 235 g/mol. The Balaban J connectivity index is 2.38. The quantitative estimate of drug-likeness (QED) is 0.862. The maximum atomic E-state index is 4.58. The maximum Gasteiger partial charge on any atom is 0.138 e. The standard InChI is InChI=1S/C12H17N3S/c1-3-5-10-14-11(13-7-4-2)9-6-8-16-12(9)15-10/h6,8H,3-5,7H2,1-2H3,(H,13,14,15). The van der Waals surface area contributed by atoms with E-state index in [0.29, 0.717) is 0 Å². The average molecular weight is 235 g/mol.